The van der Waals surface area contributed by atoms with Gasteiger partial charge in [-0.25, -0.2) is 4.79 Å². The molecule has 1 rings (SSSR count). The molecule has 10 nitrogen and oxygen atoms in total. The molecule has 10 heteroatoms. The third-order valence-corrected chi connectivity index (χ3v) is 5.68. The highest BCUT2D eigenvalue weighted by atomic mass is 16.7. The van der Waals surface area contributed by atoms with Gasteiger partial charge in [-0.2, -0.15) is 0 Å². The van der Waals surface area contributed by atoms with E-state index in [2.05, 4.69) is 0 Å². The maximum Gasteiger partial charge on any atom is 0.508 e. The van der Waals surface area contributed by atoms with Gasteiger partial charge in [0.05, 0.1) is 6.61 Å². The van der Waals surface area contributed by atoms with E-state index in [1.54, 1.807) is 6.07 Å². The number of esters is 2. The van der Waals surface area contributed by atoms with Crippen LogP contribution in [0.15, 0.2) is 18.2 Å². The minimum Gasteiger partial charge on any atom is -0.480 e. The maximum absolute atomic E-state index is 12.4. The highest BCUT2D eigenvalue weighted by molar-refractivity contribution is 5.79. The minimum absolute atomic E-state index is 0.00378. The first-order valence-electron chi connectivity index (χ1n) is 13.0. The van der Waals surface area contributed by atoms with Crippen LogP contribution in [0.1, 0.15) is 79.7 Å². The van der Waals surface area contributed by atoms with Crippen LogP contribution >= 0.6 is 0 Å². The van der Waals surface area contributed by atoms with Gasteiger partial charge in [-0.3, -0.25) is 14.4 Å². The summed E-state index contributed by atoms with van der Waals surface area (Å²) in [4.78, 5) is 48.7. The van der Waals surface area contributed by atoms with E-state index < -0.39 is 35.7 Å². The fraction of sp³-hybridized carbons (Fsp3) is 0.643. The summed E-state index contributed by atoms with van der Waals surface area (Å²) in [5.41, 5.74) is 4.87. The van der Waals surface area contributed by atoms with E-state index >= 15 is 0 Å². The van der Waals surface area contributed by atoms with E-state index in [9.17, 15) is 24.3 Å². The van der Waals surface area contributed by atoms with Crippen LogP contribution in [-0.2, 0) is 30.3 Å². The van der Waals surface area contributed by atoms with Crippen molar-refractivity contribution in [1.29, 1.82) is 0 Å². The second-order valence-corrected chi connectivity index (χ2v) is 10.8. The molecule has 3 N–H and O–H groups in total. The average Bonchev–Trinajstić information content (AvgIpc) is 2.77. The number of nitrogens with two attached hydrogens (primary N) is 1. The first-order chi connectivity index (χ1) is 17.6. The normalized spacial score (nSPS) is 14.4. The fourth-order valence-electron chi connectivity index (χ4n) is 3.50. The molecule has 0 aliphatic carbocycles. The second kappa shape index (κ2) is 15.3. The number of carbonyl (C=O) groups is 4. The van der Waals surface area contributed by atoms with Crippen molar-refractivity contribution in [2.45, 2.75) is 92.2 Å². The van der Waals surface area contributed by atoms with Crippen LogP contribution in [0.4, 0.5) is 4.79 Å². The summed E-state index contributed by atoms with van der Waals surface area (Å²) in [7, 11) is 0. The van der Waals surface area contributed by atoms with Crippen LogP contribution in [-0.4, -0.2) is 47.4 Å². The topological polar surface area (TPSA) is 151 Å². The minimum atomic E-state index is -1.81. The number of benzene rings is 1. The highest BCUT2D eigenvalue weighted by Crippen LogP contribution is 2.32. The number of carbonyl (C=O) groups excluding carboxylic acids is 3. The SMILES string of the molecule is CCC(C)COC(=O)O[C@@H](C)CC(N)(Cc1ccc(OC(=O)CC(C)C)c(OC(=O)CC(C)C)c1)C(=O)O. The Kier molecular flexibility index (Phi) is 13.3. The van der Waals surface area contributed by atoms with Gasteiger partial charge < -0.3 is 29.8 Å². The van der Waals surface area contributed by atoms with Crippen LogP contribution in [0.5, 0.6) is 11.5 Å². The molecular formula is C28H43NO9. The lowest BCUT2D eigenvalue weighted by atomic mass is 9.86. The van der Waals surface area contributed by atoms with Gasteiger partial charge in [0.2, 0.25) is 0 Å². The predicted molar refractivity (Wildman–Crippen MR) is 141 cm³/mol. The van der Waals surface area contributed by atoms with Gasteiger partial charge in [-0.15, -0.1) is 0 Å². The summed E-state index contributed by atoms with van der Waals surface area (Å²) >= 11 is 0. The van der Waals surface area contributed by atoms with Gasteiger partial charge in [0, 0.05) is 25.7 Å². The van der Waals surface area contributed by atoms with Crippen molar-refractivity contribution in [3.8, 4) is 11.5 Å². The van der Waals surface area contributed by atoms with Gasteiger partial charge in [0.1, 0.15) is 11.6 Å². The Labute approximate surface area is 225 Å². The number of hydrogen-bond acceptors (Lipinski definition) is 9. The van der Waals surface area contributed by atoms with Crippen molar-refractivity contribution < 1.29 is 43.2 Å². The van der Waals surface area contributed by atoms with Crippen molar-refractivity contribution in [2.75, 3.05) is 6.61 Å². The molecule has 0 saturated carbocycles. The molecule has 0 aliphatic heterocycles. The molecule has 214 valence electrons. The molecule has 0 spiro atoms. The number of aliphatic carboxylic acids is 1. The number of hydrogen-bond donors (Lipinski definition) is 2. The van der Waals surface area contributed by atoms with Crippen LogP contribution < -0.4 is 15.2 Å². The van der Waals surface area contributed by atoms with E-state index in [1.807, 2.05) is 41.5 Å². The molecule has 1 aromatic carbocycles. The molecule has 0 amide bonds. The van der Waals surface area contributed by atoms with Crippen molar-refractivity contribution in [3.63, 3.8) is 0 Å². The zero-order valence-electron chi connectivity index (χ0n) is 23.6. The molecule has 0 fully saturated rings. The third kappa shape index (κ3) is 11.9. The third-order valence-electron chi connectivity index (χ3n) is 5.68. The molecule has 0 bridgehead atoms. The fourth-order valence-corrected chi connectivity index (χ4v) is 3.50. The zero-order chi connectivity index (χ0) is 29.0. The maximum atomic E-state index is 12.4. The molecule has 3 atom stereocenters. The average molecular weight is 538 g/mol. The molecular weight excluding hydrogens is 494 g/mol. The number of rotatable bonds is 15. The van der Waals surface area contributed by atoms with Crippen LogP contribution in [0.3, 0.4) is 0 Å². The Balaban J connectivity index is 3.10. The van der Waals surface area contributed by atoms with E-state index in [-0.39, 0.29) is 61.5 Å². The first kappa shape index (κ1) is 32.9. The molecule has 1 aromatic rings. The Morgan fingerprint density at radius 3 is 1.97 bits per heavy atom. The van der Waals surface area contributed by atoms with Gasteiger partial charge >= 0.3 is 24.1 Å². The molecule has 0 aromatic heterocycles. The van der Waals surface area contributed by atoms with Crippen molar-refractivity contribution in [3.05, 3.63) is 23.8 Å². The van der Waals surface area contributed by atoms with Crippen molar-refractivity contribution >= 4 is 24.1 Å². The van der Waals surface area contributed by atoms with Crippen molar-refractivity contribution in [2.24, 2.45) is 23.5 Å². The molecule has 0 aliphatic rings. The number of carboxylic acid groups (broad SMARTS) is 1. The molecule has 0 saturated heterocycles. The number of ether oxygens (including phenoxy) is 4. The summed E-state index contributed by atoms with van der Waals surface area (Å²) < 4.78 is 21.2. The summed E-state index contributed by atoms with van der Waals surface area (Å²) in [5.74, 6) is -1.98. The standard InChI is InChI=1S/C28H43NO9/c1-8-19(6)16-35-27(34)36-20(7)14-28(29,26(32)33)15-21-9-10-22(37-24(30)11-17(2)3)23(13-21)38-25(31)12-18(4)5/h9-10,13,17-20H,8,11-12,14-16,29H2,1-7H3,(H,32,33)/t19?,20-,28?/m0/s1. The summed E-state index contributed by atoms with van der Waals surface area (Å²) in [5, 5.41) is 9.90. The van der Waals surface area contributed by atoms with Crippen LogP contribution in [0.25, 0.3) is 0 Å². The Morgan fingerprint density at radius 1 is 0.921 bits per heavy atom. The van der Waals surface area contributed by atoms with Crippen molar-refractivity contribution in [1.82, 2.24) is 0 Å². The zero-order valence-corrected chi connectivity index (χ0v) is 23.6. The summed E-state index contributed by atoms with van der Waals surface area (Å²) in [6, 6.07) is 4.43. The van der Waals surface area contributed by atoms with Gasteiger partial charge in [0.15, 0.2) is 11.5 Å². The number of carboxylic acids is 1. The highest BCUT2D eigenvalue weighted by Gasteiger charge is 2.37. The molecule has 2 unspecified atom stereocenters. The molecule has 0 heterocycles. The lowest BCUT2D eigenvalue weighted by Gasteiger charge is -2.28. The first-order valence-corrected chi connectivity index (χ1v) is 13.0. The lowest BCUT2D eigenvalue weighted by Crippen LogP contribution is -2.52. The molecule has 0 radical (unpaired) electrons. The summed E-state index contributed by atoms with van der Waals surface area (Å²) in [6.45, 7) is 13.1. The van der Waals surface area contributed by atoms with Gasteiger partial charge in [-0.1, -0.05) is 54.0 Å². The van der Waals surface area contributed by atoms with Gasteiger partial charge in [-0.05, 0) is 42.4 Å². The smallest absolute Gasteiger partial charge is 0.480 e. The van der Waals surface area contributed by atoms with E-state index in [4.69, 9.17) is 24.7 Å². The quantitative estimate of drug-likeness (QED) is 0.234. The van der Waals surface area contributed by atoms with Crippen LogP contribution in [0.2, 0.25) is 0 Å². The van der Waals surface area contributed by atoms with E-state index in [1.165, 1.54) is 19.1 Å². The van der Waals surface area contributed by atoms with Crippen LogP contribution in [0, 0.1) is 17.8 Å². The van der Waals surface area contributed by atoms with Gasteiger partial charge in [0.25, 0.3) is 0 Å². The summed E-state index contributed by atoms with van der Waals surface area (Å²) in [6.07, 6.45) is -0.970. The predicted octanol–water partition coefficient (Wildman–Crippen LogP) is 4.89. The Bertz CT molecular complexity index is 960. The lowest BCUT2D eigenvalue weighted by molar-refractivity contribution is -0.144. The van der Waals surface area contributed by atoms with E-state index in [0.29, 0.717) is 5.56 Å². The second-order valence-electron chi connectivity index (χ2n) is 10.8. The monoisotopic (exact) mass is 537 g/mol. The Morgan fingerprint density at radius 2 is 1.47 bits per heavy atom. The van der Waals surface area contributed by atoms with E-state index in [0.717, 1.165) is 6.42 Å². The Hall–Kier alpha value is -3.14. The molecule has 38 heavy (non-hydrogen) atoms. The largest absolute Gasteiger partial charge is 0.508 e.